The van der Waals surface area contributed by atoms with E-state index in [1.807, 2.05) is 37.3 Å². The van der Waals surface area contributed by atoms with Crippen molar-refractivity contribution in [3.05, 3.63) is 71.3 Å². The number of pyridine rings is 1. The largest absolute Gasteiger partial charge is 0.478 e. The normalized spacial score (nSPS) is 15.1. The highest BCUT2D eigenvalue weighted by atomic mass is 19.1. The Morgan fingerprint density at radius 2 is 1.76 bits per heavy atom. The first kappa shape index (κ1) is 23.6. The Hall–Kier alpha value is -3.52. The predicted molar refractivity (Wildman–Crippen MR) is 123 cm³/mol. The quantitative estimate of drug-likeness (QED) is 0.458. The van der Waals surface area contributed by atoms with Crippen LogP contribution in [0.1, 0.15) is 43.2 Å². The first-order chi connectivity index (χ1) is 16.3. The maximum absolute atomic E-state index is 14.6. The van der Waals surface area contributed by atoms with Crippen LogP contribution in [-0.4, -0.2) is 21.7 Å². The van der Waals surface area contributed by atoms with Crippen molar-refractivity contribution in [2.24, 2.45) is 5.73 Å². The summed E-state index contributed by atoms with van der Waals surface area (Å²) < 4.78 is 40.3. The van der Waals surface area contributed by atoms with Crippen LogP contribution < -0.4 is 15.2 Å². The third-order valence-electron chi connectivity index (χ3n) is 5.97. The van der Waals surface area contributed by atoms with Crippen molar-refractivity contribution >= 4 is 5.97 Å². The summed E-state index contributed by atoms with van der Waals surface area (Å²) in [4.78, 5) is 15.8. The number of hydrogen-bond acceptors (Lipinski definition) is 5. The van der Waals surface area contributed by atoms with Gasteiger partial charge in [0.05, 0.1) is 0 Å². The minimum Gasteiger partial charge on any atom is -0.478 e. The Labute approximate surface area is 196 Å². The third kappa shape index (κ3) is 5.02. The minimum absolute atomic E-state index is 0.222. The molecule has 8 heteroatoms. The number of carboxylic acid groups (broad SMARTS) is 1. The smallest absolute Gasteiger partial charge is 0.348 e. The summed E-state index contributed by atoms with van der Waals surface area (Å²) in [5.41, 5.74) is 7.71. The molecular weight excluding hydrogens is 442 g/mol. The highest BCUT2D eigenvalue weighted by molar-refractivity contribution is 5.78. The Balaban J connectivity index is 1.65. The zero-order valence-electron chi connectivity index (χ0n) is 18.8. The zero-order chi connectivity index (χ0) is 24.3. The summed E-state index contributed by atoms with van der Waals surface area (Å²) in [6, 6.07) is 13.7. The Morgan fingerprint density at radius 1 is 1.03 bits per heavy atom. The lowest BCUT2D eigenvalue weighted by Gasteiger charge is -2.33. The van der Waals surface area contributed by atoms with E-state index in [1.165, 1.54) is 0 Å². The van der Waals surface area contributed by atoms with Crippen LogP contribution in [0.5, 0.6) is 17.5 Å². The van der Waals surface area contributed by atoms with Gasteiger partial charge in [0, 0.05) is 12.6 Å². The summed E-state index contributed by atoms with van der Waals surface area (Å²) in [5.74, 6) is -4.10. The number of rotatable bonds is 7. The van der Waals surface area contributed by atoms with Crippen molar-refractivity contribution in [3.8, 4) is 28.6 Å². The van der Waals surface area contributed by atoms with Gasteiger partial charge in [0.15, 0.2) is 11.6 Å². The van der Waals surface area contributed by atoms with Crippen molar-refractivity contribution in [1.82, 2.24) is 4.98 Å². The van der Waals surface area contributed by atoms with Crippen LogP contribution in [0.4, 0.5) is 8.78 Å². The van der Waals surface area contributed by atoms with E-state index < -0.39 is 35.0 Å². The van der Waals surface area contributed by atoms with E-state index in [0.29, 0.717) is 31.2 Å². The molecule has 1 aliphatic rings. The minimum atomic E-state index is -1.59. The maximum Gasteiger partial charge on any atom is 0.348 e. The van der Waals surface area contributed by atoms with Gasteiger partial charge in [0.1, 0.15) is 5.75 Å². The molecule has 0 atom stereocenters. The van der Waals surface area contributed by atoms with Gasteiger partial charge in [-0.15, -0.1) is 0 Å². The van der Waals surface area contributed by atoms with Crippen LogP contribution >= 0.6 is 0 Å². The number of halogens is 2. The Kier molecular flexibility index (Phi) is 6.79. The number of benzene rings is 2. The van der Waals surface area contributed by atoms with E-state index in [2.05, 4.69) is 4.98 Å². The first-order valence-electron chi connectivity index (χ1n) is 11.2. The number of aliphatic carboxylic acids is 1. The fourth-order valence-corrected chi connectivity index (χ4v) is 4.21. The number of hydrogen-bond donors (Lipinski definition) is 2. The lowest BCUT2D eigenvalue weighted by atomic mass is 9.84. The average molecular weight is 469 g/mol. The van der Waals surface area contributed by atoms with Gasteiger partial charge in [-0.1, -0.05) is 30.7 Å². The van der Waals surface area contributed by atoms with E-state index in [0.717, 1.165) is 28.7 Å². The third-order valence-corrected chi connectivity index (χ3v) is 5.97. The molecule has 1 heterocycles. The molecule has 3 N–H and O–H groups in total. The van der Waals surface area contributed by atoms with Crippen LogP contribution in [0.15, 0.2) is 48.5 Å². The number of ether oxygens (including phenoxy) is 2. The molecule has 178 valence electrons. The first-order valence-corrected chi connectivity index (χ1v) is 11.2. The van der Waals surface area contributed by atoms with Crippen LogP contribution in [-0.2, 0) is 11.3 Å². The molecule has 0 radical (unpaired) electrons. The van der Waals surface area contributed by atoms with Crippen LogP contribution in [0.25, 0.3) is 11.1 Å². The van der Waals surface area contributed by atoms with Gasteiger partial charge in [-0.25, -0.2) is 13.6 Å². The number of aromatic nitrogens is 1. The van der Waals surface area contributed by atoms with Gasteiger partial charge < -0.3 is 20.3 Å². The molecule has 34 heavy (non-hydrogen) atoms. The summed E-state index contributed by atoms with van der Waals surface area (Å²) in [7, 11) is 0. The number of nitrogens with two attached hydrogens (primary N) is 1. The van der Waals surface area contributed by atoms with Crippen LogP contribution in [0, 0.1) is 18.6 Å². The standard InChI is InChI=1S/C26H26F2N2O4/c1-16-10-19(18-7-5-6-17(12-18)15-29)13-20(11-16)33-23-21(27)14-22(28)24(30-23)34-26(25(31)32)8-3-2-4-9-26/h5-7,10-14H,2-4,8-9,15,29H2,1H3,(H,31,32). The Morgan fingerprint density at radius 3 is 2.47 bits per heavy atom. The zero-order valence-corrected chi connectivity index (χ0v) is 18.8. The highest BCUT2D eigenvalue weighted by Gasteiger charge is 2.43. The highest BCUT2D eigenvalue weighted by Crippen LogP contribution is 2.36. The number of carboxylic acids is 1. The van der Waals surface area contributed by atoms with Crippen molar-refractivity contribution in [2.75, 3.05) is 0 Å². The topological polar surface area (TPSA) is 94.7 Å². The van der Waals surface area contributed by atoms with Gasteiger partial charge in [-0.3, -0.25) is 0 Å². The molecule has 0 spiro atoms. The lowest BCUT2D eigenvalue weighted by molar-refractivity contribution is -0.158. The molecule has 6 nitrogen and oxygen atoms in total. The maximum atomic E-state index is 14.6. The number of nitrogens with zero attached hydrogens (tertiary/aromatic N) is 1. The monoisotopic (exact) mass is 468 g/mol. The molecule has 0 amide bonds. The van der Waals surface area contributed by atoms with E-state index in [1.54, 1.807) is 12.1 Å². The molecule has 3 aromatic rings. The fourth-order valence-electron chi connectivity index (χ4n) is 4.21. The molecule has 0 unspecified atom stereocenters. The summed E-state index contributed by atoms with van der Waals surface area (Å²) >= 11 is 0. The molecule has 0 saturated heterocycles. The molecule has 0 aliphatic heterocycles. The molecule has 1 aliphatic carbocycles. The predicted octanol–water partition coefficient (Wildman–Crippen LogP) is 5.75. The van der Waals surface area contributed by atoms with Gasteiger partial charge in [-0.05, 0) is 73.1 Å². The second-order valence-electron chi connectivity index (χ2n) is 8.57. The van der Waals surface area contributed by atoms with Crippen LogP contribution in [0.3, 0.4) is 0 Å². The van der Waals surface area contributed by atoms with E-state index in [-0.39, 0.29) is 12.8 Å². The van der Waals surface area contributed by atoms with Gasteiger partial charge >= 0.3 is 5.97 Å². The molecule has 0 bridgehead atoms. The van der Waals surface area contributed by atoms with Crippen LogP contribution in [0.2, 0.25) is 0 Å². The molecule has 1 fully saturated rings. The molecule has 1 aromatic heterocycles. The Bertz CT molecular complexity index is 1210. The van der Waals surface area contributed by atoms with Gasteiger partial charge in [0.25, 0.3) is 11.8 Å². The molecule has 2 aromatic carbocycles. The van der Waals surface area contributed by atoms with E-state index in [9.17, 15) is 18.7 Å². The summed E-state index contributed by atoms with van der Waals surface area (Å²) in [5, 5.41) is 9.72. The van der Waals surface area contributed by atoms with Crippen molar-refractivity contribution in [3.63, 3.8) is 0 Å². The summed E-state index contributed by atoms with van der Waals surface area (Å²) in [6.07, 6.45) is 2.59. The molecular formula is C26H26F2N2O4. The lowest BCUT2D eigenvalue weighted by Crippen LogP contribution is -2.46. The van der Waals surface area contributed by atoms with E-state index in [4.69, 9.17) is 15.2 Å². The van der Waals surface area contributed by atoms with Gasteiger partial charge in [-0.2, -0.15) is 4.98 Å². The molecule has 1 saturated carbocycles. The number of aryl methyl sites for hydroxylation is 1. The average Bonchev–Trinajstić information content (AvgIpc) is 2.82. The second kappa shape index (κ2) is 9.77. The SMILES string of the molecule is Cc1cc(Oc2nc(OC3(C(=O)O)CCCCC3)c(F)cc2F)cc(-c2cccc(CN)c2)c1. The van der Waals surface area contributed by atoms with E-state index >= 15 is 0 Å². The van der Waals surface area contributed by atoms with Crippen molar-refractivity contribution in [2.45, 2.75) is 51.2 Å². The number of carbonyl (C=O) groups is 1. The second-order valence-corrected chi connectivity index (χ2v) is 8.57. The summed E-state index contributed by atoms with van der Waals surface area (Å²) in [6.45, 7) is 2.26. The van der Waals surface area contributed by atoms with Crippen molar-refractivity contribution < 1.29 is 28.2 Å². The van der Waals surface area contributed by atoms with Crippen molar-refractivity contribution in [1.29, 1.82) is 0 Å². The fraction of sp³-hybridized carbons (Fsp3) is 0.308. The molecule has 4 rings (SSSR count). The van der Waals surface area contributed by atoms with Gasteiger partial charge in [0.2, 0.25) is 5.60 Å².